The van der Waals surface area contributed by atoms with Crippen LogP contribution in [0.5, 0.6) is 0 Å². The van der Waals surface area contributed by atoms with Crippen LogP contribution in [0.1, 0.15) is 24.2 Å². The smallest absolute Gasteiger partial charge is 0.0762 e. The zero-order chi connectivity index (χ0) is 14.0. The number of aromatic nitrogens is 2. The number of benzene rings is 1. The molecule has 0 radical (unpaired) electrons. The van der Waals surface area contributed by atoms with Crippen molar-refractivity contribution in [3.8, 4) is 0 Å². The number of aliphatic hydroxyl groups excluding tert-OH is 1. The summed E-state index contributed by atoms with van der Waals surface area (Å²) >= 11 is 6.27. The summed E-state index contributed by atoms with van der Waals surface area (Å²) < 4.78 is 1.78. The zero-order valence-corrected chi connectivity index (χ0v) is 12.1. The largest absolute Gasteiger partial charge is 0.389 e. The van der Waals surface area contributed by atoms with E-state index in [-0.39, 0.29) is 0 Å². The van der Waals surface area contributed by atoms with Crippen LogP contribution in [-0.4, -0.2) is 21.9 Å². The fourth-order valence-electron chi connectivity index (χ4n) is 2.01. The van der Waals surface area contributed by atoms with Crippen LogP contribution in [0.2, 0.25) is 5.02 Å². The fraction of sp³-hybridized carbons (Fsp3) is 0.357. The van der Waals surface area contributed by atoms with E-state index in [4.69, 9.17) is 11.6 Å². The van der Waals surface area contributed by atoms with Gasteiger partial charge in [0.25, 0.3) is 0 Å². The van der Waals surface area contributed by atoms with Gasteiger partial charge in [0, 0.05) is 32.4 Å². The van der Waals surface area contributed by atoms with Crippen LogP contribution in [0.25, 0.3) is 0 Å². The molecule has 1 aromatic carbocycles. The standard InChI is InChI=1S/C14H18ClN3O/c1-10(19)12-4-5-14(13(15)6-12)17(2)8-11-7-16-18(3)9-11/h4-7,9-10,19H,8H2,1-3H3/t10-/m1/s1. The molecule has 5 heteroatoms. The van der Waals surface area contributed by atoms with Crippen molar-refractivity contribution in [3.05, 3.63) is 46.7 Å². The number of aryl methyl sites for hydroxylation is 1. The zero-order valence-electron chi connectivity index (χ0n) is 11.3. The Morgan fingerprint density at radius 2 is 2.21 bits per heavy atom. The molecule has 0 saturated carbocycles. The summed E-state index contributed by atoms with van der Waals surface area (Å²) in [6.45, 7) is 2.46. The van der Waals surface area contributed by atoms with Crippen molar-refractivity contribution in [3.63, 3.8) is 0 Å². The van der Waals surface area contributed by atoms with Crippen LogP contribution in [-0.2, 0) is 13.6 Å². The third-order valence-electron chi connectivity index (χ3n) is 3.04. The van der Waals surface area contributed by atoms with Crippen LogP contribution in [0.15, 0.2) is 30.6 Å². The molecule has 0 amide bonds. The Bertz CT molecular complexity index is 566. The predicted octanol–water partition coefficient (Wildman–Crippen LogP) is 2.76. The lowest BCUT2D eigenvalue weighted by Crippen LogP contribution is -2.16. The highest BCUT2D eigenvalue weighted by Gasteiger charge is 2.10. The minimum Gasteiger partial charge on any atom is -0.389 e. The van der Waals surface area contributed by atoms with Crippen molar-refractivity contribution in [2.45, 2.75) is 19.6 Å². The van der Waals surface area contributed by atoms with Gasteiger partial charge in [-0.05, 0) is 24.6 Å². The summed E-state index contributed by atoms with van der Waals surface area (Å²) in [5.74, 6) is 0. The van der Waals surface area contributed by atoms with E-state index in [0.717, 1.165) is 23.4 Å². The van der Waals surface area contributed by atoms with Gasteiger partial charge in [0.15, 0.2) is 0 Å². The summed E-state index contributed by atoms with van der Waals surface area (Å²) in [7, 11) is 3.88. The molecular weight excluding hydrogens is 262 g/mol. The van der Waals surface area contributed by atoms with E-state index in [0.29, 0.717) is 5.02 Å². The number of nitrogens with zero attached hydrogens (tertiary/aromatic N) is 3. The first-order valence-corrected chi connectivity index (χ1v) is 6.51. The van der Waals surface area contributed by atoms with Gasteiger partial charge in [-0.25, -0.2) is 0 Å². The molecule has 102 valence electrons. The SMILES string of the molecule is C[C@@H](O)c1ccc(N(C)Cc2cnn(C)c2)c(Cl)c1. The van der Waals surface area contributed by atoms with Gasteiger partial charge < -0.3 is 10.0 Å². The van der Waals surface area contributed by atoms with E-state index in [1.54, 1.807) is 17.7 Å². The Labute approximate surface area is 118 Å². The van der Waals surface area contributed by atoms with E-state index in [9.17, 15) is 5.11 Å². The Balaban J connectivity index is 2.17. The van der Waals surface area contributed by atoms with Gasteiger partial charge in [0.1, 0.15) is 0 Å². The summed E-state index contributed by atoms with van der Waals surface area (Å²) in [6.07, 6.45) is 3.32. The molecule has 0 fully saturated rings. The number of anilines is 1. The second kappa shape index (κ2) is 5.63. The molecule has 2 rings (SSSR count). The maximum atomic E-state index is 9.53. The molecule has 1 N–H and O–H groups in total. The topological polar surface area (TPSA) is 41.3 Å². The normalized spacial score (nSPS) is 12.5. The molecule has 1 atom stereocenters. The minimum absolute atomic E-state index is 0.504. The highest BCUT2D eigenvalue weighted by atomic mass is 35.5. The third-order valence-corrected chi connectivity index (χ3v) is 3.35. The van der Waals surface area contributed by atoms with Crippen molar-refractivity contribution < 1.29 is 5.11 Å². The summed E-state index contributed by atoms with van der Waals surface area (Å²) in [5, 5.41) is 14.3. The second-order valence-corrected chi connectivity index (χ2v) is 5.17. The van der Waals surface area contributed by atoms with Crippen molar-refractivity contribution in [1.29, 1.82) is 0 Å². The Morgan fingerprint density at radius 3 is 2.74 bits per heavy atom. The first-order chi connectivity index (χ1) is 8.97. The Kier molecular flexibility index (Phi) is 4.12. The second-order valence-electron chi connectivity index (χ2n) is 4.77. The quantitative estimate of drug-likeness (QED) is 0.936. The molecule has 19 heavy (non-hydrogen) atoms. The van der Waals surface area contributed by atoms with Crippen LogP contribution < -0.4 is 4.90 Å². The highest BCUT2D eigenvalue weighted by molar-refractivity contribution is 6.33. The monoisotopic (exact) mass is 279 g/mol. The van der Waals surface area contributed by atoms with Crippen LogP contribution in [0.3, 0.4) is 0 Å². The number of hydrogen-bond donors (Lipinski definition) is 1. The van der Waals surface area contributed by atoms with Gasteiger partial charge in [-0.2, -0.15) is 5.10 Å². The minimum atomic E-state index is -0.504. The van der Waals surface area contributed by atoms with E-state index in [1.165, 1.54) is 0 Å². The predicted molar refractivity (Wildman–Crippen MR) is 77.4 cm³/mol. The third kappa shape index (κ3) is 3.28. The Hall–Kier alpha value is -1.52. The molecular formula is C14H18ClN3O. The lowest BCUT2D eigenvalue weighted by atomic mass is 10.1. The molecule has 1 aromatic heterocycles. The van der Waals surface area contributed by atoms with Crippen LogP contribution >= 0.6 is 11.6 Å². The van der Waals surface area contributed by atoms with Crippen molar-refractivity contribution in [2.75, 3.05) is 11.9 Å². The highest BCUT2D eigenvalue weighted by Crippen LogP contribution is 2.29. The number of hydrogen-bond acceptors (Lipinski definition) is 3. The molecule has 1 heterocycles. The number of rotatable bonds is 4. The molecule has 0 unspecified atom stereocenters. The van der Waals surface area contributed by atoms with Gasteiger partial charge in [0.05, 0.1) is 23.0 Å². The first-order valence-electron chi connectivity index (χ1n) is 6.13. The van der Waals surface area contributed by atoms with Gasteiger partial charge in [-0.3, -0.25) is 4.68 Å². The van der Waals surface area contributed by atoms with Gasteiger partial charge in [-0.1, -0.05) is 17.7 Å². The number of halogens is 1. The molecule has 0 aliphatic heterocycles. The fourth-order valence-corrected chi connectivity index (χ4v) is 2.34. The first kappa shape index (κ1) is 13.9. The van der Waals surface area contributed by atoms with Crippen LogP contribution in [0.4, 0.5) is 5.69 Å². The maximum Gasteiger partial charge on any atom is 0.0762 e. The molecule has 0 aliphatic carbocycles. The lowest BCUT2D eigenvalue weighted by molar-refractivity contribution is 0.199. The van der Waals surface area contributed by atoms with Gasteiger partial charge >= 0.3 is 0 Å². The lowest BCUT2D eigenvalue weighted by Gasteiger charge is -2.20. The summed E-state index contributed by atoms with van der Waals surface area (Å²) in [4.78, 5) is 2.06. The average Bonchev–Trinajstić information content (AvgIpc) is 2.74. The van der Waals surface area contributed by atoms with E-state index in [2.05, 4.69) is 10.00 Å². The van der Waals surface area contributed by atoms with E-state index in [1.807, 2.05) is 38.6 Å². The molecule has 0 saturated heterocycles. The van der Waals surface area contributed by atoms with Gasteiger partial charge in [-0.15, -0.1) is 0 Å². The van der Waals surface area contributed by atoms with Crippen molar-refractivity contribution >= 4 is 17.3 Å². The summed E-state index contributed by atoms with van der Waals surface area (Å²) in [6, 6.07) is 5.63. The van der Waals surface area contributed by atoms with Crippen molar-refractivity contribution in [2.24, 2.45) is 7.05 Å². The maximum absolute atomic E-state index is 9.53. The van der Waals surface area contributed by atoms with Crippen LogP contribution in [0, 0.1) is 0 Å². The summed E-state index contributed by atoms with van der Waals surface area (Å²) in [5.41, 5.74) is 2.89. The van der Waals surface area contributed by atoms with E-state index >= 15 is 0 Å². The molecule has 0 bridgehead atoms. The van der Waals surface area contributed by atoms with Crippen molar-refractivity contribution in [1.82, 2.24) is 9.78 Å². The molecule has 4 nitrogen and oxygen atoms in total. The Morgan fingerprint density at radius 1 is 1.47 bits per heavy atom. The average molecular weight is 280 g/mol. The van der Waals surface area contributed by atoms with Gasteiger partial charge in [0.2, 0.25) is 0 Å². The number of aliphatic hydroxyl groups is 1. The molecule has 0 spiro atoms. The molecule has 0 aliphatic rings. The van der Waals surface area contributed by atoms with E-state index < -0.39 is 6.10 Å². The molecule has 2 aromatic rings.